The molecule has 0 spiro atoms. The molecule has 1 aliphatic carbocycles. The third-order valence-electron chi connectivity index (χ3n) is 6.66. The summed E-state index contributed by atoms with van der Waals surface area (Å²) in [7, 11) is 0. The summed E-state index contributed by atoms with van der Waals surface area (Å²) in [6.07, 6.45) is 8.07. The molecule has 3 unspecified atom stereocenters. The van der Waals surface area contributed by atoms with E-state index in [0.29, 0.717) is 11.0 Å². The van der Waals surface area contributed by atoms with Crippen molar-refractivity contribution < 1.29 is 0 Å². The van der Waals surface area contributed by atoms with Crippen LogP contribution in [0.1, 0.15) is 66.2 Å². The average Bonchev–Trinajstić information content (AvgIpc) is 2.85. The molecule has 2 N–H and O–H groups in total. The molecule has 0 amide bonds. The van der Waals surface area contributed by atoms with Crippen LogP contribution in [0.15, 0.2) is 0 Å². The van der Waals surface area contributed by atoms with Gasteiger partial charge in [0, 0.05) is 18.6 Å². The Kier molecular flexibility index (Phi) is 4.62. The van der Waals surface area contributed by atoms with Crippen molar-refractivity contribution in [2.75, 3.05) is 19.6 Å². The monoisotopic (exact) mass is 266 g/mol. The van der Waals surface area contributed by atoms with Crippen LogP contribution in [-0.2, 0) is 0 Å². The van der Waals surface area contributed by atoms with Crippen molar-refractivity contribution >= 4 is 0 Å². The summed E-state index contributed by atoms with van der Waals surface area (Å²) in [5.74, 6) is 1.64. The zero-order chi connectivity index (χ0) is 14.1. The zero-order valence-corrected chi connectivity index (χ0v) is 13.5. The van der Waals surface area contributed by atoms with E-state index in [0.717, 1.165) is 18.4 Å². The minimum atomic E-state index is 0.304. The number of likely N-dealkylation sites (tertiary alicyclic amines) is 1. The van der Waals surface area contributed by atoms with Crippen LogP contribution in [0.2, 0.25) is 0 Å². The minimum Gasteiger partial charge on any atom is -0.329 e. The fourth-order valence-electron chi connectivity index (χ4n) is 4.73. The summed E-state index contributed by atoms with van der Waals surface area (Å²) in [6, 6.07) is 0. The fourth-order valence-corrected chi connectivity index (χ4v) is 4.73. The van der Waals surface area contributed by atoms with E-state index < -0.39 is 0 Å². The average molecular weight is 266 g/mol. The van der Waals surface area contributed by atoms with Crippen molar-refractivity contribution in [1.29, 1.82) is 0 Å². The molecule has 0 bridgehead atoms. The Balaban J connectivity index is 2.15. The van der Waals surface area contributed by atoms with Gasteiger partial charge in [-0.15, -0.1) is 0 Å². The first-order valence-electron chi connectivity index (χ1n) is 8.47. The van der Waals surface area contributed by atoms with Crippen LogP contribution in [0.25, 0.3) is 0 Å². The zero-order valence-electron chi connectivity index (χ0n) is 13.5. The Morgan fingerprint density at radius 2 is 1.84 bits per heavy atom. The van der Waals surface area contributed by atoms with Crippen LogP contribution in [-0.4, -0.2) is 30.1 Å². The molecular weight excluding hydrogens is 232 g/mol. The number of nitrogens with zero attached hydrogens (tertiary/aromatic N) is 1. The molecule has 112 valence electrons. The van der Waals surface area contributed by atoms with Crippen LogP contribution in [0.5, 0.6) is 0 Å². The maximum atomic E-state index is 6.28. The summed E-state index contributed by atoms with van der Waals surface area (Å²) in [5, 5.41) is 0. The Hall–Kier alpha value is -0.0800. The molecule has 0 aromatic rings. The van der Waals surface area contributed by atoms with Crippen LogP contribution in [0.3, 0.4) is 0 Å². The smallest absolute Gasteiger partial charge is 0.0357 e. The lowest BCUT2D eigenvalue weighted by atomic mass is 9.69. The van der Waals surface area contributed by atoms with Crippen LogP contribution in [0, 0.1) is 17.3 Å². The lowest BCUT2D eigenvalue weighted by Gasteiger charge is -2.50. The molecule has 0 aromatic heterocycles. The first kappa shape index (κ1) is 15.3. The van der Waals surface area contributed by atoms with Crippen molar-refractivity contribution in [3.05, 3.63) is 0 Å². The van der Waals surface area contributed by atoms with Crippen LogP contribution in [0.4, 0.5) is 0 Å². The normalized spacial score (nSPS) is 39.6. The highest BCUT2D eigenvalue weighted by molar-refractivity contribution is 5.04. The van der Waals surface area contributed by atoms with Crippen molar-refractivity contribution in [2.45, 2.75) is 71.8 Å². The van der Waals surface area contributed by atoms with Gasteiger partial charge in [-0.25, -0.2) is 0 Å². The molecule has 2 aliphatic rings. The second kappa shape index (κ2) is 5.73. The summed E-state index contributed by atoms with van der Waals surface area (Å²) in [5.41, 5.74) is 7.16. The van der Waals surface area contributed by atoms with E-state index in [-0.39, 0.29) is 0 Å². The van der Waals surface area contributed by atoms with E-state index in [2.05, 4.69) is 32.6 Å². The number of rotatable bonds is 4. The highest BCUT2D eigenvalue weighted by atomic mass is 15.2. The van der Waals surface area contributed by atoms with Gasteiger partial charge in [-0.3, -0.25) is 4.90 Å². The van der Waals surface area contributed by atoms with Crippen LogP contribution >= 0.6 is 0 Å². The van der Waals surface area contributed by atoms with Gasteiger partial charge in [-0.05, 0) is 62.3 Å². The van der Waals surface area contributed by atoms with Gasteiger partial charge in [-0.1, -0.05) is 27.7 Å². The second-order valence-corrected chi connectivity index (χ2v) is 7.47. The van der Waals surface area contributed by atoms with Crippen molar-refractivity contribution in [1.82, 2.24) is 4.90 Å². The lowest BCUT2D eigenvalue weighted by Crippen LogP contribution is -2.59. The molecule has 19 heavy (non-hydrogen) atoms. The molecule has 0 aromatic carbocycles. The highest BCUT2D eigenvalue weighted by Crippen LogP contribution is 2.46. The Labute approximate surface area is 120 Å². The molecule has 2 nitrogen and oxygen atoms in total. The summed E-state index contributed by atoms with van der Waals surface area (Å²) >= 11 is 0. The van der Waals surface area contributed by atoms with Crippen molar-refractivity contribution in [3.8, 4) is 0 Å². The first-order chi connectivity index (χ1) is 9.02. The summed E-state index contributed by atoms with van der Waals surface area (Å²) in [4.78, 5) is 2.79. The molecule has 1 aliphatic heterocycles. The van der Waals surface area contributed by atoms with E-state index in [9.17, 15) is 0 Å². The van der Waals surface area contributed by atoms with E-state index in [1.165, 1.54) is 51.6 Å². The standard InChI is InChI=1S/C17H34N2/c1-5-16(6-2)9-10-19(13-16)17(12-18)8-7-14(3)11-15(17)4/h14-15H,5-13,18H2,1-4H3. The Morgan fingerprint density at radius 1 is 1.16 bits per heavy atom. The highest BCUT2D eigenvalue weighted by Gasteiger charge is 2.48. The SMILES string of the molecule is CCC1(CC)CCN(C2(CN)CCC(C)CC2C)C1. The number of hydrogen-bond donors (Lipinski definition) is 1. The fraction of sp³-hybridized carbons (Fsp3) is 1.00. The van der Waals surface area contributed by atoms with Gasteiger partial charge >= 0.3 is 0 Å². The van der Waals surface area contributed by atoms with Gasteiger partial charge in [-0.2, -0.15) is 0 Å². The minimum absolute atomic E-state index is 0.304. The van der Waals surface area contributed by atoms with Crippen LogP contribution < -0.4 is 5.73 Å². The molecule has 2 rings (SSSR count). The maximum Gasteiger partial charge on any atom is 0.0357 e. The predicted molar refractivity (Wildman–Crippen MR) is 83.2 cm³/mol. The van der Waals surface area contributed by atoms with E-state index >= 15 is 0 Å². The van der Waals surface area contributed by atoms with Gasteiger partial charge in [0.05, 0.1) is 0 Å². The third-order valence-corrected chi connectivity index (χ3v) is 6.66. The lowest BCUT2D eigenvalue weighted by molar-refractivity contribution is 0.00765. The Morgan fingerprint density at radius 3 is 2.32 bits per heavy atom. The topological polar surface area (TPSA) is 29.3 Å². The number of hydrogen-bond acceptors (Lipinski definition) is 2. The molecular formula is C17H34N2. The molecule has 1 heterocycles. The maximum absolute atomic E-state index is 6.28. The van der Waals surface area contributed by atoms with Gasteiger partial charge < -0.3 is 5.73 Å². The molecule has 3 atom stereocenters. The van der Waals surface area contributed by atoms with Gasteiger partial charge in [0.2, 0.25) is 0 Å². The Bertz CT molecular complexity index is 298. The molecule has 1 saturated carbocycles. The quantitative estimate of drug-likeness (QED) is 0.841. The van der Waals surface area contributed by atoms with Gasteiger partial charge in [0.15, 0.2) is 0 Å². The second-order valence-electron chi connectivity index (χ2n) is 7.47. The molecule has 2 fully saturated rings. The summed E-state index contributed by atoms with van der Waals surface area (Å²) in [6.45, 7) is 13.0. The van der Waals surface area contributed by atoms with Crippen molar-refractivity contribution in [3.63, 3.8) is 0 Å². The summed E-state index contributed by atoms with van der Waals surface area (Å²) < 4.78 is 0. The molecule has 2 heteroatoms. The van der Waals surface area contributed by atoms with E-state index in [4.69, 9.17) is 5.73 Å². The predicted octanol–water partition coefficient (Wildman–Crippen LogP) is 3.65. The van der Waals surface area contributed by atoms with E-state index in [1.807, 2.05) is 0 Å². The van der Waals surface area contributed by atoms with Crippen molar-refractivity contribution in [2.24, 2.45) is 23.0 Å². The van der Waals surface area contributed by atoms with Gasteiger partial charge in [0.1, 0.15) is 0 Å². The molecule has 0 radical (unpaired) electrons. The largest absolute Gasteiger partial charge is 0.329 e. The number of nitrogens with two attached hydrogens (primary N) is 1. The van der Waals surface area contributed by atoms with Gasteiger partial charge in [0.25, 0.3) is 0 Å². The molecule has 1 saturated heterocycles. The first-order valence-corrected chi connectivity index (χ1v) is 8.47. The van der Waals surface area contributed by atoms with E-state index in [1.54, 1.807) is 0 Å². The third kappa shape index (κ3) is 2.58.